The molecule has 0 aliphatic rings. The Balaban J connectivity index is 0. The third-order valence-corrected chi connectivity index (χ3v) is 1.29. The van der Waals surface area contributed by atoms with Gasteiger partial charge in [-0.3, -0.25) is 0 Å². The lowest BCUT2D eigenvalue weighted by Gasteiger charge is -1.96. The van der Waals surface area contributed by atoms with E-state index in [1.165, 1.54) is 0 Å². The summed E-state index contributed by atoms with van der Waals surface area (Å²) in [7, 11) is 1.00. The quantitative estimate of drug-likeness (QED) is 0.575. The fraction of sp³-hybridized carbons (Fsp3) is 1.00. The number of thioether (sulfide) groups is 1. The predicted molar refractivity (Wildman–Crippen MR) is 40.2 cm³/mol. The van der Waals surface area contributed by atoms with Gasteiger partial charge in [0.05, 0.1) is 0 Å². The van der Waals surface area contributed by atoms with Crippen LogP contribution in [0.3, 0.4) is 0 Å². The summed E-state index contributed by atoms with van der Waals surface area (Å²) in [5, 5.41) is 7.00. The maximum atomic E-state index is 7.00. The second-order valence-electron chi connectivity index (χ2n) is 1.43. The molecule has 0 aromatic rings. The summed E-state index contributed by atoms with van der Waals surface area (Å²) in [5.41, 5.74) is 5.38. The lowest BCUT2D eigenvalue weighted by atomic mass is 10.4. The molecule has 0 unspecified atom stereocenters. The fourth-order valence-electron chi connectivity index (χ4n) is 0.263. The Kier molecular flexibility index (Phi) is 14.3. The van der Waals surface area contributed by atoms with Crippen molar-refractivity contribution in [1.82, 2.24) is 0 Å². The first-order valence-electron chi connectivity index (χ1n) is 2.46. The van der Waals surface area contributed by atoms with Crippen molar-refractivity contribution in [3.63, 3.8) is 0 Å². The Morgan fingerprint density at radius 3 is 2.00 bits per heavy atom. The van der Waals surface area contributed by atoms with Crippen LogP contribution >= 0.6 is 11.8 Å². The molecule has 3 heteroatoms. The summed E-state index contributed by atoms with van der Waals surface area (Å²) in [6, 6.07) is 0.361. The molecule has 0 saturated heterocycles. The van der Waals surface area contributed by atoms with E-state index in [2.05, 4.69) is 6.26 Å². The second kappa shape index (κ2) is 10.3. The molecule has 0 bridgehead atoms. The van der Waals surface area contributed by atoms with E-state index in [1.807, 2.05) is 6.92 Å². The van der Waals surface area contributed by atoms with Crippen LogP contribution in [0, 0.1) is 0 Å². The first kappa shape index (κ1) is 11.1. The van der Waals surface area contributed by atoms with E-state index in [0.717, 1.165) is 12.9 Å². The lowest BCUT2D eigenvalue weighted by molar-refractivity contribution is 0.399. The molecule has 0 spiro atoms. The molecule has 3 N–H and O–H groups in total. The minimum absolute atomic E-state index is 0.361. The summed E-state index contributed by atoms with van der Waals surface area (Å²) in [6.45, 7) is 2.01. The average Bonchev–Trinajstić information content (AvgIpc) is 1.72. The van der Waals surface area contributed by atoms with Gasteiger partial charge in [-0.1, -0.05) is 0 Å². The van der Waals surface area contributed by atoms with Gasteiger partial charge >= 0.3 is 0 Å². The van der Waals surface area contributed by atoms with Gasteiger partial charge < -0.3 is 10.8 Å². The molecular weight excluding hydrogens is 122 g/mol. The highest BCUT2D eigenvalue weighted by Gasteiger charge is 1.85. The van der Waals surface area contributed by atoms with Gasteiger partial charge in [-0.15, -0.1) is 0 Å². The van der Waals surface area contributed by atoms with E-state index in [1.54, 1.807) is 11.8 Å². The molecule has 0 fully saturated rings. The maximum absolute atomic E-state index is 7.00. The zero-order valence-corrected chi connectivity index (χ0v) is 6.53. The number of rotatable bonds is 2. The summed E-state index contributed by atoms with van der Waals surface area (Å²) >= 11 is 1.78. The third kappa shape index (κ3) is 16.3. The number of aliphatic hydroxyl groups excluding tert-OH is 1. The first-order valence-corrected chi connectivity index (χ1v) is 3.86. The summed E-state index contributed by atoms with van der Waals surface area (Å²) < 4.78 is 0. The van der Waals surface area contributed by atoms with Crippen molar-refractivity contribution in [3.05, 3.63) is 0 Å². The molecule has 0 heterocycles. The highest BCUT2D eigenvalue weighted by atomic mass is 32.2. The van der Waals surface area contributed by atoms with Gasteiger partial charge in [-0.05, 0) is 13.2 Å². The Morgan fingerprint density at radius 2 is 2.00 bits per heavy atom. The van der Waals surface area contributed by atoms with Crippen LogP contribution in [0.5, 0.6) is 0 Å². The Labute approximate surface area is 55.5 Å². The molecule has 1 atom stereocenters. The van der Waals surface area contributed by atoms with Crippen LogP contribution in [-0.4, -0.2) is 30.3 Å². The Bertz CT molecular complexity index is 33.6. The SMILES string of the molecule is CO.CSC[C@@H](C)N. The molecule has 0 aromatic carbocycles. The van der Waals surface area contributed by atoms with Gasteiger partial charge in [0.25, 0.3) is 0 Å². The Morgan fingerprint density at radius 1 is 1.62 bits per heavy atom. The smallest absolute Gasteiger partial charge is 0.0319 e. The third-order valence-electron chi connectivity index (χ3n) is 0.430. The Hall–Kier alpha value is 0.270. The van der Waals surface area contributed by atoms with E-state index in [9.17, 15) is 0 Å². The summed E-state index contributed by atoms with van der Waals surface area (Å²) in [4.78, 5) is 0. The second-order valence-corrected chi connectivity index (χ2v) is 2.34. The van der Waals surface area contributed by atoms with E-state index in [0.29, 0.717) is 6.04 Å². The standard InChI is InChI=1S/C4H11NS.CH4O/c1-4(5)3-6-2;1-2/h4H,3,5H2,1-2H3;2H,1H3/t4-;/m1./s1. The topological polar surface area (TPSA) is 46.2 Å². The summed E-state index contributed by atoms with van der Waals surface area (Å²) in [6.07, 6.45) is 2.06. The van der Waals surface area contributed by atoms with Crippen LogP contribution in [0.25, 0.3) is 0 Å². The van der Waals surface area contributed by atoms with Crippen LogP contribution in [-0.2, 0) is 0 Å². The van der Waals surface area contributed by atoms with E-state index >= 15 is 0 Å². The van der Waals surface area contributed by atoms with Crippen molar-refractivity contribution >= 4 is 11.8 Å². The predicted octanol–water partition coefficient (Wildman–Crippen LogP) is 0.305. The van der Waals surface area contributed by atoms with Crippen LogP contribution < -0.4 is 5.73 Å². The molecular formula is C5H15NOS. The highest BCUT2D eigenvalue weighted by molar-refractivity contribution is 7.98. The first-order chi connectivity index (χ1) is 3.77. The number of hydrogen-bond acceptors (Lipinski definition) is 3. The van der Waals surface area contributed by atoms with Crippen molar-refractivity contribution in [2.24, 2.45) is 5.73 Å². The zero-order chi connectivity index (χ0) is 6.99. The van der Waals surface area contributed by atoms with Crippen molar-refractivity contribution < 1.29 is 5.11 Å². The lowest BCUT2D eigenvalue weighted by Crippen LogP contribution is -2.16. The zero-order valence-electron chi connectivity index (χ0n) is 5.72. The van der Waals surface area contributed by atoms with Gasteiger partial charge in [0.1, 0.15) is 0 Å². The number of hydrogen-bond donors (Lipinski definition) is 2. The van der Waals surface area contributed by atoms with E-state index < -0.39 is 0 Å². The van der Waals surface area contributed by atoms with E-state index in [4.69, 9.17) is 10.8 Å². The van der Waals surface area contributed by atoms with Crippen molar-refractivity contribution in [2.45, 2.75) is 13.0 Å². The number of aliphatic hydroxyl groups is 1. The summed E-state index contributed by atoms with van der Waals surface area (Å²) in [5.74, 6) is 1.07. The molecule has 0 rings (SSSR count). The van der Waals surface area contributed by atoms with Crippen molar-refractivity contribution in [3.8, 4) is 0 Å². The molecule has 0 amide bonds. The van der Waals surface area contributed by atoms with E-state index in [-0.39, 0.29) is 0 Å². The molecule has 0 saturated carbocycles. The number of nitrogens with two attached hydrogens (primary N) is 1. The van der Waals surface area contributed by atoms with Gasteiger partial charge in [0.2, 0.25) is 0 Å². The van der Waals surface area contributed by atoms with Gasteiger partial charge in [0, 0.05) is 18.9 Å². The molecule has 0 aliphatic heterocycles. The molecule has 2 nitrogen and oxygen atoms in total. The van der Waals surface area contributed by atoms with Crippen LogP contribution in [0.2, 0.25) is 0 Å². The van der Waals surface area contributed by atoms with Crippen molar-refractivity contribution in [2.75, 3.05) is 19.1 Å². The van der Waals surface area contributed by atoms with Crippen LogP contribution in [0.1, 0.15) is 6.92 Å². The molecule has 0 aliphatic carbocycles. The molecule has 0 aromatic heterocycles. The monoisotopic (exact) mass is 137 g/mol. The van der Waals surface area contributed by atoms with Gasteiger partial charge in [0.15, 0.2) is 0 Å². The highest BCUT2D eigenvalue weighted by Crippen LogP contribution is 1.91. The average molecular weight is 137 g/mol. The molecule has 8 heavy (non-hydrogen) atoms. The fourth-order valence-corrected chi connectivity index (χ4v) is 0.789. The normalized spacial score (nSPS) is 11.6. The molecule has 52 valence electrons. The van der Waals surface area contributed by atoms with Crippen molar-refractivity contribution in [1.29, 1.82) is 0 Å². The van der Waals surface area contributed by atoms with Crippen LogP contribution in [0.4, 0.5) is 0 Å². The van der Waals surface area contributed by atoms with Gasteiger partial charge in [-0.25, -0.2) is 0 Å². The maximum Gasteiger partial charge on any atom is 0.0319 e. The van der Waals surface area contributed by atoms with Crippen LogP contribution in [0.15, 0.2) is 0 Å². The van der Waals surface area contributed by atoms with Gasteiger partial charge in [-0.2, -0.15) is 11.8 Å². The molecule has 0 radical (unpaired) electrons. The minimum atomic E-state index is 0.361. The minimum Gasteiger partial charge on any atom is -0.400 e. The largest absolute Gasteiger partial charge is 0.400 e.